The minimum Gasteiger partial charge on any atom is -0.360 e. The van der Waals surface area contributed by atoms with E-state index in [-0.39, 0.29) is 10.6 Å². The molecule has 2 heterocycles. The average molecular weight is 289 g/mol. The van der Waals surface area contributed by atoms with Gasteiger partial charge in [0.15, 0.2) is 0 Å². The van der Waals surface area contributed by atoms with E-state index in [1.807, 2.05) is 26.0 Å². The second-order valence-electron chi connectivity index (χ2n) is 4.94. The molecule has 0 unspecified atom stereocenters. The highest BCUT2D eigenvalue weighted by Crippen LogP contribution is 2.29. The van der Waals surface area contributed by atoms with Crippen molar-refractivity contribution in [3.8, 4) is 0 Å². The van der Waals surface area contributed by atoms with Gasteiger partial charge in [0.05, 0.1) is 4.92 Å². The molecule has 0 saturated carbocycles. The van der Waals surface area contributed by atoms with Gasteiger partial charge in [-0.3, -0.25) is 15.1 Å². The van der Waals surface area contributed by atoms with Gasteiger partial charge in [0.1, 0.15) is 5.69 Å². The standard InChI is InChI=1S/C14H19N5O2/c1-4-5-12-13(19(20)21)14(18(3)17-12)16-9-11-7-6-10(2)15-8-11/h6-8,16H,4-5,9H2,1-3H3. The lowest BCUT2D eigenvalue weighted by Crippen LogP contribution is -2.06. The lowest BCUT2D eigenvalue weighted by molar-refractivity contribution is -0.384. The van der Waals surface area contributed by atoms with Crippen LogP contribution in [0.4, 0.5) is 11.5 Å². The Morgan fingerprint density at radius 1 is 1.43 bits per heavy atom. The highest BCUT2D eigenvalue weighted by molar-refractivity contribution is 5.60. The van der Waals surface area contributed by atoms with Gasteiger partial charge in [-0.25, -0.2) is 4.68 Å². The first-order valence-electron chi connectivity index (χ1n) is 6.88. The third-order valence-corrected chi connectivity index (χ3v) is 3.19. The minimum atomic E-state index is -0.367. The zero-order valence-electron chi connectivity index (χ0n) is 12.5. The van der Waals surface area contributed by atoms with Gasteiger partial charge in [0.25, 0.3) is 0 Å². The number of hydrogen-bond acceptors (Lipinski definition) is 5. The third-order valence-electron chi connectivity index (χ3n) is 3.19. The SMILES string of the molecule is CCCc1nn(C)c(NCc2ccc(C)nc2)c1[N+](=O)[O-]. The summed E-state index contributed by atoms with van der Waals surface area (Å²) in [7, 11) is 1.71. The van der Waals surface area contributed by atoms with Gasteiger partial charge >= 0.3 is 5.69 Å². The van der Waals surface area contributed by atoms with Crippen LogP contribution in [0.1, 0.15) is 30.3 Å². The molecule has 0 amide bonds. The summed E-state index contributed by atoms with van der Waals surface area (Å²) in [5, 5.41) is 18.6. The lowest BCUT2D eigenvalue weighted by Gasteiger charge is -2.06. The molecule has 2 rings (SSSR count). The van der Waals surface area contributed by atoms with E-state index in [1.165, 1.54) is 4.68 Å². The molecule has 0 saturated heterocycles. The van der Waals surface area contributed by atoms with Crippen LogP contribution in [0.2, 0.25) is 0 Å². The maximum Gasteiger partial charge on any atom is 0.334 e. The monoisotopic (exact) mass is 289 g/mol. The van der Waals surface area contributed by atoms with Crippen molar-refractivity contribution in [2.24, 2.45) is 7.05 Å². The molecule has 112 valence electrons. The van der Waals surface area contributed by atoms with Crippen molar-refractivity contribution in [2.75, 3.05) is 5.32 Å². The highest BCUT2D eigenvalue weighted by atomic mass is 16.6. The van der Waals surface area contributed by atoms with Gasteiger partial charge in [-0.05, 0) is 25.0 Å². The first kappa shape index (κ1) is 15.0. The fourth-order valence-corrected chi connectivity index (χ4v) is 2.15. The fraction of sp³-hybridized carbons (Fsp3) is 0.429. The molecule has 0 bridgehead atoms. The van der Waals surface area contributed by atoms with E-state index >= 15 is 0 Å². The maximum atomic E-state index is 11.3. The van der Waals surface area contributed by atoms with Crippen LogP contribution < -0.4 is 5.32 Å². The molecule has 7 nitrogen and oxygen atoms in total. The smallest absolute Gasteiger partial charge is 0.334 e. The predicted molar refractivity (Wildman–Crippen MR) is 80.2 cm³/mol. The summed E-state index contributed by atoms with van der Waals surface area (Å²) in [6, 6.07) is 3.86. The Morgan fingerprint density at radius 3 is 2.76 bits per heavy atom. The topological polar surface area (TPSA) is 85.9 Å². The van der Waals surface area contributed by atoms with Crippen molar-refractivity contribution in [1.29, 1.82) is 0 Å². The quantitative estimate of drug-likeness (QED) is 0.652. The van der Waals surface area contributed by atoms with E-state index in [0.717, 1.165) is 17.7 Å². The van der Waals surface area contributed by atoms with Crippen molar-refractivity contribution >= 4 is 11.5 Å². The van der Waals surface area contributed by atoms with E-state index in [9.17, 15) is 10.1 Å². The van der Waals surface area contributed by atoms with Crippen LogP contribution in [-0.2, 0) is 20.0 Å². The number of rotatable bonds is 6. The summed E-state index contributed by atoms with van der Waals surface area (Å²) in [5.74, 6) is 0.434. The summed E-state index contributed by atoms with van der Waals surface area (Å²) < 4.78 is 1.53. The molecule has 0 aliphatic heterocycles. The van der Waals surface area contributed by atoms with Crippen molar-refractivity contribution in [1.82, 2.24) is 14.8 Å². The molecule has 2 aromatic rings. The zero-order valence-corrected chi connectivity index (χ0v) is 12.5. The average Bonchev–Trinajstić information content (AvgIpc) is 2.75. The first-order valence-corrected chi connectivity index (χ1v) is 6.88. The molecule has 0 aliphatic carbocycles. The molecular formula is C14H19N5O2. The number of aromatic nitrogens is 3. The Hall–Kier alpha value is -2.44. The van der Waals surface area contributed by atoms with Gasteiger partial charge in [-0.1, -0.05) is 19.4 Å². The summed E-state index contributed by atoms with van der Waals surface area (Å²) in [6.07, 6.45) is 3.18. The first-order chi connectivity index (χ1) is 10.0. The Morgan fingerprint density at radius 2 is 2.19 bits per heavy atom. The maximum absolute atomic E-state index is 11.3. The Kier molecular flexibility index (Phi) is 4.52. The predicted octanol–water partition coefficient (Wildman–Crippen LogP) is 2.60. The molecule has 7 heteroatoms. The number of nitrogens with zero attached hydrogens (tertiary/aromatic N) is 4. The van der Waals surface area contributed by atoms with Crippen LogP contribution >= 0.6 is 0 Å². The van der Waals surface area contributed by atoms with Gasteiger partial charge < -0.3 is 5.32 Å². The second-order valence-corrected chi connectivity index (χ2v) is 4.94. The minimum absolute atomic E-state index is 0.0689. The Labute approximate surface area is 123 Å². The number of aryl methyl sites for hydroxylation is 3. The molecule has 0 aliphatic rings. The molecule has 2 aromatic heterocycles. The second kappa shape index (κ2) is 6.34. The summed E-state index contributed by atoms with van der Waals surface area (Å²) in [5.41, 5.74) is 2.50. The summed E-state index contributed by atoms with van der Waals surface area (Å²) >= 11 is 0. The third kappa shape index (κ3) is 3.36. The number of nitro groups is 1. The van der Waals surface area contributed by atoms with Crippen molar-refractivity contribution in [3.05, 3.63) is 45.4 Å². The number of anilines is 1. The molecule has 21 heavy (non-hydrogen) atoms. The van der Waals surface area contributed by atoms with Gasteiger partial charge in [-0.2, -0.15) is 5.10 Å². The zero-order chi connectivity index (χ0) is 15.4. The van der Waals surface area contributed by atoms with E-state index in [4.69, 9.17) is 0 Å². The van der Waals surface area contributed by atoms with Crippen molar-refractivity contribution in [3.63, 3.8) is 0 Å². The normalized spacial score (nSPS) is 10.6. The van der Waals surface area contributed by atoms with Crippen LogP contribution in [0, 0.1) is 17.0 Å². The molecule has 0 radical (unpaired) electrons. The van der Waals surface area contributed by atoms with Gasteiger partial charge in [0.2, 0.25) is 5.82 Å². The van der Waals surface area contributed by atoms with Gasteiger partial charge in [0, 0.05) is 25.5 Å². The number of pyridine rings is 1. The molecular weight excluding hydrogens is 270 g/mol. The van der Waals surface area contributed by atoms with Gasteiger partial charge in [-0.15, -0.1) is 0 Å². The van der Waals surface area contributed by atoms with E-state index in [0.29, 0.717) is 24.5 Å². The number of hydrogen-bond donors (Lipinski definition) is 1. The van der Waals surface area contributed by atoms with E-state index < -0.39 is 0 Å². The molecule has 0 aromatic carbocycles. The fourth-order valence-electron chi connectivity index (χ4n) is 2.15. The van der Waals surface area contributed by atoms with Crippen molar-refractivity contribution in [2.45, 2.75) is 33.2 Å². The molecule has 1 N–H and O–H groups in total. The van der Waals surface area contributed by atoms with E-state index in [1.54, 1.807) is 13.2 Å². The largest absolute Gasteiger partial charge is 0.360 e. The van der Waals surface area contributed by atoms with E-state index in [2.05, 4.69) is 15.4 Å². The lowest BCUT2D eigenvalue weighted by atomic mass is 10.2. The van der Waals surface area contributed by atoms with Crippen LogP contribution in [0.5, 0.6) is 0 Å². The number of nitrogens with one attached hydrogen (secondary N) is 1. The Bertz CT molecular complexity index is 634. The van der Waals surface area contributed by atoms with Crippen LogP contribution in [0.3, 0.4) is 0 Å². The van der Waals surface area contributed by atoms with Crippen LogP contribution in [0.25, 0.3) is 0 Å². The summed E-state index contributed by atoms with van der Waals surface area (Å²) in [4.78, 5) is 15.1. The Balaban J connectivity index is 2.22. The van der Waals surface area contributed by atoms with Crippen LogP contribution in [-0.4, -0.2) is 19.7 Å². The molecule has 0 atom stereocenters. The van der Waals surface area contributed by atoms with Crippen LogP contribution in [0.15, 0.2) is 18.3 Å². The highest BCUT2D eigenvalue weighted by Gasteiger charge is 2.25. The summed E-state index contributed by atoms with van der Waals surface area (Å²) in [6.45, 7) is 4.36. The molecule has 0 spiro atoms. The van der Waals surface area contributed by atoms with Crippen molar-refractivity contribution < 1.29 is 4.92 Å². The molecule has 0 fully saturated rings.